The van der Waals surface area contributed by atoms with Gasteiger partial charge < -0.3 is 5.32 Å². The molecule has 0 aromatic rings. The Morgan fingerprint density at radius 2 is 1.60 bits per heavy atom. The fourth-order valence-electron chi connectivity index (χ4n) is 5.03. The molecule has 2 fully saturated rings. The van der Waals surface area contributed by atoms with Crippen LogP contribution in [0.15, 0.2) is 0 Å². The lowest BCUT2D eigenvalue weighted by Crippen LogP contribution is -2.38. The molecule has 1 heteroatoms. The van der Waals surface area contributed by atoms with Gasteiger partial charge in [0, 0.05) is 0 Å². The van der Waals surface area contributed by atoms with Crippen LogP contribution in [-0.4, -0.2) is 13.1 Å². The highest BCUT2D eigenvalue weighted by Crippen LogP contribution is 2.44. The molecule has 0 aliphatic heterocycles. The summed E-state index contributed by atoms with van der Waals surface area (Å²) in [6, 6.07) is 0. The second-order valence-electron chi connectivity index (χ2n) is 8.44. The normalized spacial score (nSPS) is 39.1. The first-order chi connectivity index (χ1) is 9.56. The van der Waals surface area contributed by atoms with Gasteiger partial charge in [-0.1, -0.05) is 40.5 Å². The Morgan fingerprint density at radius 1 is 0.950 bits per heavy atom. The maximum atomic E-state index is 3.75. The van der Waals surface area contributed by atoms with E-state index in [9.17, 15) is 0 Å². The van der Waals surface area contributed by atoms with Crippen molar-refractivity contribution < 1.29 is 0 Å². The highest BCUT2D eigenvalue weighted by Gasteiger charge is 2.35. The van der Waals surface area contributed by atoms with Gasteiger partial charge in [0.25, 0.3) is 0 Å². The van der Waals surface area contributed by atoms with Crippen molar-refractivity contribution in [3.8, 4) is 0 Å². The van der Waals surface area contributed by atoms with Gasteiger partial charge in [-0.25, -0.2) is 0 Å². The monoisotopic (exact) mass is 279 g/mol. The summed E-state index contributed by atoms with van der Waals surface area (Å²) in [6.45, 7) is 12.1. The summed E-state index contributed by atoms with van der Waals surface area (Å²) in [5, 5.41) is 3.75. The van der Waals surface area contributed by atoms with Gasteiger partial charge in [0.05, 0.1) is 0 Å². The van der Waals surface area contributed by atoms with Crippen LogP contribution in [0.25, 0.3) is 0 Å². The zero-order valence-corrected chi connectivity index (χ0v) is 14.3. The van der Waals surface area contributed by atoms with Gasteiger partial charge in [-0.05, 0) is 80.7 Å². The zero-order valence-electron chi connectivity index (χ0n) is 14.3. The lowest BCUT2D eigenvalue weighted by molar-refractivity contribution is 0.0880. The first-order valence-electron chi connectivity index (χ1n) is 9.27. The Labute approximate surface area is 127 Å². The lowest BCUT2D eigenvalue weighted by atomic mass is 9.64. The van der Waals surface area contributed by atoms with Crippen molar-refractivity contribution in [1.82, 2.24) is 5.32 Å². The number of rotatable bonds is 5. The van der Waals surface area contributed by atoms with Crippen molar-refractivity contribution >= 4 is 0 Å². The molecule has 4 unspecified atom stereocenters. The largest absolute Gasteiger partial charge is 0.316 e. The average molecular weight is 280 g/mol. The molecule has 20 heavy (non-hydrogen) atoms. The van der Waals surface area contributed by atoms with E-state index in [1.165, 1.54) is 58.0 Å². The Bertz CT molecular complexity index is 263. The van der Waals surface area contributed by atoms with E-state index < -0.39 is 0 Å². The van der Waals surface area contributed by atoms with Crippen LogP contribution in [0.2, 0.25) is 0 Å². The predicted octanol–water partition coefficient (Wildman–Crippen LogP) is 5.11. The minimum Gasteiger partial charge on any atom is -0.316 e. The Morgan fingerprint density at radius 3 is 2.25 bits per heavy atom. The van der Waals surface area contributed by atoms with Gasteiger partial charge in [-0.15, -0.1) is 0 Å². The van der Waals surface area contributed by atoms with E-state index in [4.69, 9.17) is 0 Å². The third kappa shape index (κ3) is 4.76. The number of nitrogens with one attached hydrogen (secondary N) is 1. The van der Waals surface area contributed by atoms with Crippen molar-refractivity contribution in [3.05, 3.63) is 0 Å². The van der Waals surface area contributed by atoms with Gasteiger partial charge in [-0.2, -0.15) is 0 Å². The molecule has 0 heterocycles. The molecule has 2 aliphatic carbocycles. The molecule has 1 nitrogen and oxygen atoms in total. The average Bonchev–Trinajstić information content (AvgIpc) is 2.37. The molecule has 2 aliphatic rings. The fraction of sp³-hybridized carbons (Fsp3) is 1.00. The fourth-order valence-corrected chi connectivity index (χ4v) is 5.03. The summed E-state index contributed by atoms with van der Waals surface area (Å²) in [5.41, 5.74) is 0. The summed E-state index contributed by atoms with van der Waals surface area (Å²) in [4.78, 5) is 0. The summed E-state index contributed by atoms with van der Waals surface area (Å²) in [7, 11) is 0. The summed E-state index contributed by atoms with van der Waals surface area (Å²) in [6.07, 6.45) is 10.4. The van der Waals surface area contributed by atoms with E-state index in [0.29, 0.717) is 0 Å². The molecular weight excluding hydrogens is 242 g/mol. The van der Waals surface area contributed by atoms with E-state index in [2.05, 4.69) is 33.0 Å². The van der Waals surface area contributed by atoms with Crippen LogP contribution in [0.3, 0.4) is 0 Å². The van der Waals surface area contributed by atoms with Crippen molar-refractivity contribution in [2.75, 3.05) is 13.1 Å². The molecule has 118 valence electrons. The summed E-state index contributed by atoms with van der Waals surface area (Å²) in [5.74, 6) is 5.73. The molecule has 1 N–H and O–H groups in total. The maximum absolute atomic E-state index is 3.75. The number of hydrogen-bond donors (Lipinski definition) is 1. The molecule has 0 saturated heterocycles. The molecule has 0 aromatic heterocycles. The molecule has 4 atom stereocenters. The van der Waals surface area contributed by atoms with Crippen molar-refractivity contribution in [3.63, 3.8) is 0 Å². The Hall–Kier alpha value is -0.0400. The van der Waals surface area contributed by atoms with Gasteiger partial charge in [0.1, 0.15) is 0 Å². The van der Waals surface area contributed by atoms with Crippen molar-refractivity contribution in [2.45, 2.75) is 72.6 Å². The number of hydrogen-bond acceptors (Lipinski definition) is 1. The van der Waals surface area contributed by atoms with Gasteiger partial charge >= 0.3 is 0 Å². The predicted molar refractivity (Wildman–Crippen MR) is 88.8 cm³/mol. The van der Waals surface area contributed by atoms with Gasteiger partial charge in [-0.3, -0.25) is 0 Å². The SMILES string of the molecule is CC(C)CNCC1CCCCC1C1CC(C)CC(C)C1. The highest BCUT2D eigenvalue weighted by atomic mass is 14.9. The van der Waals surface area contributed by atoms with E-state index in [-0.39, 0.29) is 0 Å². The third-order valence-electron chi connectivity index (χ3n) is 5.75. The molecule has 0 spiro atoms. The quantitative estimate of drug-likeness (QED) is 0.737. The summed E-state index contributed by atoms with van der Waals surface area (Å²) < 4.78 is 0. The zero-order chi connectivity index (χ0) is 14.5. The minimum absolute atomic E-state index is 0.784. The molecule has 0 aromatic carbocycles. The van der Waals surface area contributed by atoms with Crippen LogP contribution in [0.4, 0.5) is 0 Å². The summed E-state index contributed by atoms with van der Waals surface area (Å²) >= 11 is 0. The molecule has 0 radical (unpaired) electrons. The van der Waals surface area contributed by atoms with Crippen LogP contribution in [0.1, 0.15) is 72.6 Å². The molecule has 0 bridgehead atoms. The van der Waals surface area contributed by atoms with E-state index in [0.717, 1.165) is 35.5 Å². The molecule has 0 amide bonds. The maximum Gasteiger partial charge on any atom is -0.00177 e. The van der Waals surface area contributed by atoms with Crippen LogP contribution in [0, 0.1) is 35.5 Å². The molecule has 2 saturated carbocycles. The Balaban J connectivity index is 1.88. The smallest absolute Gasteiger partial charge is 0.00177 e. The third-order valence-corrected chi connectivity index (χ3v) is 5.75. The standard InChI is InChI=1S/C19H37N/c1-14(2)12-20-13-17-7-5-6-8-19(17)18-10-15(3)9-16(4)11-18/h14-20H,5-13H2,1-4H3. The van der Waals surface area contributed by atoms with Crippen LogP contribution in [0.5, 0.6) is 0 Å². The van der Waals surface area contributed by atoms with Crippen molar-refractivity contribution in [2.24, 2.45) is 35.5 Å². The van der Waals surface area contributed by atoms with Crippen LogP contribution >= 0.6 is 0 Å². The first-order valence-corrected chi connectivity index (χ1v) is 9.27. The van der Waals surface area contributed by atoms with Gasteiger partial charge in [0.15, 0.2) is 0 Å². The molecule has 2 rings (SSSR count). The van der Waals surface area contributed by atoms with Gasteiger partial charge in [0.2, 0.25) is 0 Å². The second-order valence-corrected chi connectivity index (χ2v) is 8.44. The van der Waals surface area contributed by atoms with E-state index in [1.54, 1.807) is 0 Å². The van der Waals surface area contributed by atoms with E-state index >= 15 is 0 Å². The van der Waals surface area contributed by atoms with Crippen molar-refractivity contribution in [1.29, 1.82) is 0 Å². The van der Waals surface area contributed by atoms with Crippen LogP contribution < -0.4 is 5.32 Å². The lowest BCUT2D eigenvalue weighted by Gasteiger charge is -2.42. The topological polar surface area (TPSA) is 12.0 Å². The minimum atomic E-state index is 0.784. The second kappa shape index (κ2) is 7.82. The molecular formula is C19H37N. The van der Waals surface area contributed by atoms with E-state index in [1.807, 2.05) is 0 Å². The first kappa shape index (κ1) is 16.3. The van der Waals surface area contributed by atoms with Crippen LogP contribution in [-0.2, 0) is 0 Å². The highest BCUT2D eigenvalue weighted by molar-refractivity contribution is 4.86. The Kier molecular flexibility index (Phi) is 6.39.